The van der Waals surface area contributed by atoms with Crippen molar-refractivity contribution in [2.75, 3.05) is 37.7 Å². The van der Waals surface area contributed by atoms with E-state index in [1.165, 1.54) is 38.5 Å². The summed E-state index contributed by atoms with van der Waals surface area (Å²) in [6.07, 6.45) is 8.74. The van der Waals surface area contributed by atoms with Gasteiger partial charge in [0.1, 0.15) is 0 Å². The Kier molecular flexibility index (Phi) is 4.39. The highest BCUT2D eigenvalue weighted by Crippen LogP contribution is 2.31. The largest absolute Gasteiger partial charge is 0.310 e. The lowest BCUT2D eigenvalue weighted by Gasteiger charge is -2.40. The minimum atomic E-state index is -2.73. The number of rotatable bonds is 2. The summed E-state index contributed by atoms with van der Waals surface area (Å²) in [5, 5.41) is 3.81. The predicted molar refractivity (Wildman–Crippen MR) is 81.6 cm³/mol. The molecule has 0 amide bonds. The van der Waals surface area contributed by atoms with E-state index < -0.39 is 9.84 Å². The molecular weight excluding hydrogens is 272 g/mol. The fourth-order valence-electron chi connectivity index (χ4n) is 4.32. The van der Waals surface area contributed by atoms with Gasteiger partial charge in [-0.25, -0.2) is 8.42 Å². The number of hydrogen-bond acceptors (Lipinski definition) is 4. The highest BCUT2D eigenvalue weighted by molar-refractivity contribution is 7.91. The van der Waals surface area contributed by atoms with Gasteiger partial charge >= 0.3 is 0 Å². The van der Waals surface area contributed by atoms with Crippen LogP contribution in [0, 0.1) is 5.92 Å². The van der Waals surface area contributed by atoms with Gasteiger partial charge in [0.25, 0.3) is 0 Å². The van der Waals surface area contributed by atoms with Crippen molar-refractivity contribution in [2.45, 2.75) is 50.5 Å². The first kappa shape index (κ1) is 14.8. The fourth-order valence-corrected chi connectivity index (χ4v) is 6.17. The topological polar surface area (TPSA) is 49.4 Å². The molecule has 0 bridgehead atoms. The van der Waals surface area contributed by atoms with Crippen LogP contribution in [-0.4, -0.2) is 56.5 Å². The van der Waals surface area contributed by atoms with Gasteiger partial charge in [0.15, 0.2) is 9.84 Å². The maximum Gasteiger partial charge on any atom is 0.150 e. The van der Waals surface area contributed by atoms with E-state index in [1.807, 2.05) is 0 Å². The van der Waals surface area contributed by atoms with Gasteiger partial charge in [-0.15, -0.1) is 0 Å². The average molecular weight is 300 g/mol. The van der Waals surface area contributed by atoms with E-state index in [2.05, 4.69) is 10.2 Å². The van der Waals surface area contributed by atoms with Gasteiger partial charge in [0, 0.05) is 18.6 Å². The lowest BCUT2D eigenvalue weighted by Crippen LogP contribution is -2.53. The molecule has 1 aliphatic carbocycles. The summed E-state index contributed by atoms with van der Waals surface area (Å²) < 4.78 is 23.2. The third kappa shape index (κ3) is 3.55. The van der Waals surface area contributed by atoms with E-state index in [-0.39, 0.29) is 0 Å². The van der Waals surface area contributed by atoms with Crippen LogP contribution >= 0.6 is 0 Å². The Hall–Kier alpha value is -0.130. The summed E-state index contributed by atoms with van der Waals surface area (Å²) in [4.78, 5) is 2.55. The van der Waals surface area contributed by atoms with Crippen LogP contribution in [0.2, 0.25) is 0 Å². The smallest absolute Gasteiger partial charge is 0.150 e. The van der Waals surface area contributed by atoms with Gasteiger partial charge in [-0.3, -0.25) is 0 Å². The molecule has 3 rings (SSSR count). The van der Waals surface area contributed by atoms with E-state index in [0.717, 1.165) is 32.6 Å². The summed E-state index contributed by atoms with van der Waals surface area (Å²) in [6.45, 7) is 4.37. The van der Waals surface area contributed by atoms with Crippen LogP contribution in [0.25, 0.3) is 0 Å². The van der Waals surface area contributed by atoms with Crippen molar-refractivity contribution in [3.63, 3.8) is 0 Å². The number of nitrogens with one attached hydrogen (secondary N) is 1. The van der Waals surface area contributed by atoms with E-state index >= 15 is 0 Å². The Morgan fingerprint density at radius 1 is 1.15 bits per heavy atom. The standard InChI is InChI=1S/C15H28N2O2S/c18-20(19)10-5-14(12-20)11-17-9-4-8-16-15(13-17)6-2-1-3-7-15/h14,16H,1-13H2. The Balaban J connectivity index is 1.61. The third-order valence-electron chi connectivity index (χ3n) is 5.33. The summed E-state index contributed by atoms with van der Waals surface area (Å²) in [7, 11) is -2.73. The lowest BCUT2D eigenvalue weighted by molar-refractivity contribution is 0.152. The Morgan fingerprint density at radius 3 is 2.65 bits per heavy atom. The minimum absolute atomic E-state index is 0.326. The molecule has 1 spiro atoms. The van der Waals surface area contributed by atoms with Gasteiger partial charge in [0.05, 0.1) is 11.5 Å². The molecule has 0 radical (unpaired) electrons. The normalized spacial score (nSPS) is 34.1. The van der Waals surface area contributed by atoms with Crippen LogP contribution in [0.4, 0.5) is 0 Å². The van der Waals surface area contributed by atoms with Crippen LogP contribution in [0.15, 0.2) is 0 Å². The molecule has 3 aliphatic rings. The molecule has 1 unspecified atom stereocenters. The van der Waals surface area contributed by atoms with Gasteiger partial charge in [-0.1, -0.05) is 19.3 Å². The van der Waals surface area contributed by atoms with Gasteiger partial charge in [0.2, 0.25) is 0 Å². The number of sulfone groups is 1. The van der Waals surface area contributed by atoms with E-state index in [0.29, 0.717) is 23.0 Å². The van der Waals surface area contributed by atoms with E-state index in [1.54, 1.807) is 0 Å². The molecule has 1 saturated carbocycles. The van der Waals surface area contributed by atoms with Crippen molar-refractivity contribution in [1.29, 1.82) is 0 Å². The second-order valence-electron chi connectivity index (χ2n) is 7.13. The molecule has 116 valence electrons. The second-order valence-corrected chi connectivity index (χ2v) is 9.35. The molecule has 0 aromatic rings. The van der Waals surface area contributed by atoms with Gasteiger partial charge in [-0.2, -0.15) is 0 Å². The molecule has 3 fully saturated rings. The first-order valence-electron chi connectivity index (χ1n) is 8.25. The molecule has 4 nitrogen and oxygen atoms in total. The lowest BCUT2D eigenvalue weighted by atomic mass is 9.81. The minimum Gasteiger partial charge on any atom is -0.310 e. The molecule has 20 heavy (non-hydrogen) atoms. The van der Waals surface area contributed by atoms with Crippen molar-refractivity contribution in [3.05, 3.63) is 0 Å². The maximum atomic E-state index is 11.6. The van der Waals surface area contributed by atoms with Crippen LogP contribution in [-0.2, 0) is 9.84 Å². The molecule has 0 aromatic carbocycles. The maximum absolute atomic E-state index is 11.6. The molecule has 0 aromatic heterocycles. The van der Waals surface area contributed by atoms with Crippen LogP contribution in [0.1, 0.15) is 44.9 Å². The SMILES string of the molecule is O=S1(=O)CCC(CN2CCCNC3(CCCCC3)C2)C1. The van der Waals surface area contributed by atoms with Crippen molar-refractivity contribution in [3.8, 4) is 0 Å². The summed E-state index contributed by atoms with van der Waals surface area (Å²) >= 11 is 0. The first-order valence-corrected chi connectivity index (χ1v) is 10.1. The first-order chi connectivity index (χ1) is 9.57. The molecule has 2 aliphatic heterocycles. The van der Waals surface area contributed by atoms with Crippen molar-refractivity contribution >= 4 is 9.84 Å². The van der Waals surface area contributed by atoms with E-state index in [4.69, 9.17) is 0 Å². The predicted octanol–water partition coefficient (Wildman–Crippen LogP) is 1.42. The Morgan fingerprint density at radius 2 is 1.95 bits per heavy atom. The Labute approximate surface area is 123 Å². The fraction of sp³-hybridized carbons (Fsp3) is 1.00. The molecular formula is C15H28N2O2S. The molecule has 2 saturated heterocycles. The monoisotopic (exact) mass is 300 g/mol. The average Bonchev–Trinajstić information content (AvgIpc) is 2.63. The summed E-state index contributed by atoms with van der Waals surface area (Å²) in [5.74, 6) is 1.21. The van der Waals surface area contributed by atoms with Crippen molar-refractivity contribution < 1.29 is 8.42 Å². The number of nitrogens with zero attached hydrogens (tertiary/aromatic N) is 1. The van der Waals surface area contributed by atoms with Gasteiger partial charge < -0.3 is 10.2 Å². The van der Waals surface area contributed by atoms with Crippen molar-refractivity contribution in [2.24, 2.45) is 5.92 Å². The Bertz CT molecular complexity index is 429. The molecule has 5 heteroatoms. The highest BCUT2D eigenvalue weighted by Gasteiger charge is 2.36. The zero-order valence-electron chi connectivity index (χ0n) is 12.4. The van der Waals surface area contributed by atoms with Crippen LogP contribution in [0.5, 0.6) is 0 Å². The quantitative estimate of drug-likeness (QED) is 0.838. The second kappa shape index (κ2) is 5.93. The zero-order valence-corrected chi connectivity index (χ0v) is 13.3. The molecule has 2 heterocycles. The third-order valence-corrected chi connectivity index (χ3v) is 7.17. The van der Waals surface area contributed by atoms with E-state index in [9.17, 15) is 8.42 Å². The number of hydrogen-bond donors (Lipinski definition) is 1. The molecule has 1 atom stereocenters. The van der Waals surface area contributed by atoms with Crippen LogP contribution < -0.4 is 5.32 Å². The highest BCUT2D eigenvalue weighted by atomic mass is 32.2. The van der Waals surface area contributed by atoms with Crippen molar-refractivity contribution in [1.82, 2.24) is 10.2 Å². The van der Waals surface area contributed by atoms with Gasteiger partial charge in [-0.05, 0) is 44.7 Å². The zero-order chi connectivity index (χ0) is 14.1. The summed E-state index contributed by atoms with van der Waals surface area (Å²) in [6, 6.07) is 0. The molecule has 1 N–H and O–H groups in total. The van der Waals surface area contributed by atoms with Crippen LogP contribution in [0.3, 0.4) is 0 Å². The summed E-state index contributed by atoms with van der Waals surface area (Å²) in [5.41, 5.74) is 0.326.